The number of benzene rings is 1. The lowest BCUT2D eigenvalue weighted by atomic mass is 10.1. The summed E-state index contributed by atoms with van der Waals surface area (Å²) >= 11 is 1.27. The van der Waals surface area contributed by atoms with E-state index in [0.29, 0.717) is 42.2 Å². The minimum atomic E-state index is -0.340. The molecule has 1 aromatic carbocycles. The molecule has 2 aromatic rings. The molecule has 0 aliphatic carbocycles. The number of carbonyl (C=O) groups excluding carboxylic acids is 1. The average molecular weight is 341 g/mol. The van der Waals surface area contributed by atoms with Gasteiger partial charge in [-0.05, 0) is 12.1 Å². The van der Waals surface area contributed by atoms with Gasteiger partial charge in [0.25, 0.3) is 5.91 Å². The van der Waals surface area contributed by atoms with Gasteiger partial charge in [0.1, 0.15) is 5.82 Å². The summed E-state index contributed by atoms with van der Waals surface area (Å²) in [6, 6.07) is 4.82. The molecule has 7 heteroatoms. The van der Waals surface area contributed by atoms with Crippen LogP contribution in [0.2, 0.25) is 0 Å². The van der Waals surface area contributed by atoms with Crippen molar-refractivity contribution < 1.29 is 23.4 Å². The molecule has 1 amide bonds. The standard InChI is InChI=1S/C16H20FNO4S/c1-20-8-9-22-7-6-18-16(19)15-11(10-21-2)14-12(17)4-3-5-13(14)23-15/h3-5H,6-10H2,1-2H3,(H,18,19). The Morgan fingerprint density at radius 2 is 2.04 bits per heavy atom. The van der Waals surface area contributed by atoms with Crippen LogP contribution in [0, 0.1) is 5.82 Å². The number of nitrogens with one attached hydrogen (secondary N) is 1. The van der Waals surface area contributed by atoms with Crippen LogP contribution in [0.5, 0.6) is 0 Å². The zero-order valence-corrected chi connectivity index (χ0v) is 14.0. The van der Waals surface area contributed by atoms with Crippen LogP contribution in [-0.4, -0.2) is 46.5 Å². The first-order chi connectivity index (χ1) is 11.2. The maximum absolute atomic E-state index is 14.1. The number of hydrogen-bond acceptors (Lipinski definition) is 5. The van der Waals surface area contributed by atoms with E-state index in [1.54, 1.807) is 19.2 Å². The smallest absolute Gasteiger partial charge is 0.261 e. The molecule has 126 valence electrons. The van der Waals surface area contributed by atoms with Crippen molar-refractivity contribution in [1.29, 1.82) is 0 Å². The number of fused-ring (bicyclic) bond motifs is 1. The Kier molecular flexibility index (Phi) is 6.91. The van der Waals surface area contributed by atoms with Crippen LogP contribution in [0.1, 0.15) is 15.2 Å². The first kappa shape index (κ1) is 17.8. The fraction of sp³-hybridized carbons (Fsp3) is 0.438. The second kappa shape index (κ2) is 8.93. The number of rotatable bonds is 9. The molecule has 5 nitrogen and oxygen atoms in total. The maximum Gasteiger partial charge on any atom is 0.261 e. The Morgan fingerprint density at radius 3 is 2.78 bits per heavy atom. The quantitative estimate of drug-likeness (QED) is 0.712. The number of thiophene rings is 1. The normalized spacial score (nSPS) is 11.1. The van der Waals surface area contributed by atoms with Crippen molar-refractivity contribution in [2.45, 2.75) is 6.61 Å². The van der Waals surface area contributed by atoms with E-state index < -0.39 is 0 Å². The van der Waals surface area contributed by atoms with Crippen molar-refractivity contribution in [2.75, 3.05) is 40.6 Å². The van der Waals surface area contributed by atoms with E-state index in [1.165, 1.54) is 24.5 Å². The van der Waals surface area contributed by atoms with Gasteiger partial charge in [0.15, 0.2) is 0 Å². The SMILES string of the molecule is COCCOCCNC(=O)c1sc2cccc(F)c2c1COC. The summed E-state index contributed by atoms with van der Waals surface area (Å²) in [7, 11) is 3.12. The number of amides is 1. The second-order valence-corrected chi connectivity index (χ2v) is 5.87. The molecule has 0 bridgehead atoms. The summed E-state index contributed by atoms with van der Waals surface area (Å²) < 4.78 is 30.1. The minimum absolute atomic E-state index is 0.189. The number of halogens is 1. The van der Waals surface area contributed by atoms with Crippen molar-refractivity contribution in [3.05, 3.63) is 34.5 Å². The van der Waals surface area contributed by atoms with Gasteiger partial charge in [0.05, 0.1) is 31.3 Å². The molecule has 0 spiro atoms. The lowest BCUT2D eigenvalue weighted by Gasteiger charge is -2.07. The van der Waals surface area contributed by atoms with E-state index >= 15 is 0 Å². The molecule has 0 fully saturated rings. The van der Waals surface area contributed by atoms with Crippen LogP contribution in [-0.2, 0) is 20.8 Å². The molecule has 0 saturated carbocycles. The van der Waals surface area contributed by atoms with Gasteiger partial charge in [-0.15, -0.1) is 11.3 Å². The lowest BCUT2D eigenvalue weighted by Crippen LogP contribution is -2.27. The molecular weight excluding hydrogens is 321 g/mol. The topological polar surface area (TPSA) is 56.8 Å². The van der Waals surface area contributed by atoms with Crippen LogP contribution in [0.25, 0.3) is 10.1 Å². The summed E-state index contributed by atoms with van der Waals surface area (Å²) in [5.74, 6) is -0.583. The molecule has 0 atom stereocenters. The third-order valence-electron chi connectivity index (χ3n) is 3.22. The number of ether oxygens (including phenoxy) is 3. The van der Waals surface area contributed by atoms with Crippen molar-refractivity contribution in [3.8, 4) is 0 Å². The van der Waals surface area contributed by atoms with Crippen LogP contribution in [0.4, 0.5) is 4.39 Å². The van der Waals surface area contributed by atoms with Gasteiger partial charge in [-0.3, -0.25) is 4.79 Å². The minimum Gasteiger partial charge on any atom is -0.382 e. The molecule has 0 radical (unpaired) electrons. The third kappa shape index (κ3) is 4.48. The molecular formula is C16H20FNO4S. The van der Waals surface area contributed by atoms with Gasteiger partial charge >= 0.3 is 0 Å². The van der Waals surface area contributed by atoms with E-state index in [0.717, 1.165) is 4.70 Å². The van der Waals surface area contributed by atoms with Gasteiger partial charge in [-0.1, -0.05) is 6.07 Å². The average Bonchev–Trinajstić information content (AvgIpc) is 2.91. The van der Waals surface area contributed by atoms with Crippen LogP contribution in [0.3, 0.4) is 0 Å². The lowest BCUT2D eigenvalue weighted by molar-refractivity contribution is 0.0693. The molecule has 1 N–H and O–H groups in total. The maximum atomic E-state index is 14.1. The zero-order chi connectivity index (χ0) is 16.7. The van der Waals surface area contributed by atoms with Gasteiger partial charge in [-0.25, -0.2) is 4.39 Å². The number of methoxy groups -OCH3 is 2. The van der Waals surface area contributed by atoms with Crippen molar-refractivity contribution in [3.63, 3.8) is 0 Å². The highest BCUT2D eigenvalue weighted by Crippen LogP contribution is 2.33. The van der Waals surface area contributed by atoms with Crippen molar-refractivity contribution in [1.82, 2.24) is 5.32 Å². The molecule has 0 unspecified atom stereocenters. The Morgan fingerprint density at radius 1 is 1.22 bits per heavy atom. The van der Waals surface area contributed by atoms with Gasteiger partial charge in [-0.2, -0.15) is 0 Å². The predicted octanol–water partition coefficient (Wildman–Crippen LogP) is 2.58. The Balaban J connectivity index is 2.07. The highest BCUT2D eigenvalue weighted by molar-refractivity contribution is 7.21. The highest BCUT2D eigenvalue weighted by Gasteiger charge is 2.20. The summed E-state index contributed by atoms with van der Waals surface area (Å²) in [6.45, 7) is 1.96. The largest absolute Gasteiger partial charge is 0.382 e. The third-order valence-corrected chi connectivity index (χ3v) is 4.42. The first-order valence-electron chi connectivity index (χ1n) is 7.22. The summed E-state index contributed by atoms with van der Waals surface area (Å²) in [5.41, 5.74) is 0.586. The molecule has 0 aliphatic rings. The summed E-state index contributed by atoms with van der Waals surface area (Å²) in [4.78, 5) is 12.8. The van der Waals surface area contributed by atoms with Crippen LogP contribution in [0.15, 0.2) is 18.2 Å². The van der Waals surface area contributed by atoms with E-state index in [2.05, 4.69) is 5.32 Å². The van der Waals surface area contributed by atoms with Gasteiger partial charge < -0.3 is 19.5 Å². The van der Waals surface area contributed by atoms with E-state index in [-0.39, 0.29) is 18.3 Å². The Bertz CT molecular complexity index is 659. The predicted molar refractivity (Wildman–Crippen MR) is 87.5 cm³/mol. The second-order valence-electron chi connectivity index (χ2n) is 4.82. The van der Waals surface area contributed by atoms with Crippen molar-refractivity contribution in [2.24, 2.45) is 0 Å². The molecule has 23 heavy (non-hydrogen) atoms. The zero-order valence-electron chi connectivity index (χ0n) is 13.2. The van der Waals surface area contributed by atoms with E-state index in [9.17, 15) is 9.18 Å². The summed E-state index contributed by atoms with van der Waals surface area (Å²) in [6.07, 6.45) is 0. The Labute approximate surface area is 138 Å². The van der Waals surface area contributed by atoms with Crippen molar-refractivity contribution >= 4 is 27.3 Å². The van der Waals surface area contributed by atoms with Gasteiger partial charge in [0.2, 0.25) is 0 Å². The fourth-order valence-electron chi connectivity index (χ4n) is 2.19. The monoisotopic (exact) mass is 341 g/mol. The summed E-state index contributed by atoms with van der Waals surface area (Å²) in [5, 5.41) is 3.24. The molecule has 1 aromatic heterocycles. The van der Waals surface area contributed by atoms with E-state index in [1.807, 2.05) is 0 Å². The molecule has 0 saturated heterocycles. The number of hydrogen-bond donors (Lipinski definition) is 1. The fourth-order valence-corrected chi connectivity index (χ4v) is 3.33. The Hall–Kier alpha value is -1.54. The molecule has 2 rings (SSSR count). The van der Waals surface area contributed by atoms with Gasteiger partial charge in [0, 0.05) is 36.4 Å². The molecule has 0 aliphatic heterocycles. The van der Waals surface area contributed by atoms with Crippen LogP contribution >= 0.6 is 11.3 Å². The van der Waals surface area contributed by atoms with Crippen LogP contribution < -0.4 is 5.32 Å². The highest BCUT2D eigenvalue weighted by atomic mass is 32.1. The molecule has 1 heterocycles. The van der Waals surface area contributed by atoms with E-state index in [4.69, 9.17) is 14.2 Å². The first-order valence-corrected chi connectivity index (χ1v) is 8.04. The number of carbonyl (C=O) groups is 1.